The number of hydrogen-bond donors (Lipinski definition) is 0. The fraction of sp³-hybridized carbons (Fsp3) is 0.273. The van der Waals surface area contributed by atoms with Crippen LogP contribution in [0, 0.1) is 0 Å². The van der Waals surface area contributed by atoms with E-state index >= 15 is 0 Å². The molecule has 0 amide bonds. The molecule has 0 radical (unpaired) electrons. The number of ketones is 1. The number of carbonyl (C=O) groups excluding carboxylic acids is 2. The monoisotopic (exact) mass is 394 g/mol. The van der Waals surface area contributed by atoms with Crippen LogP contribution in [0.5, 0.6) is 0 Å². The van der Waals surface area contributed by atoms with Crippen molar-refractivity contribution in [1.82, 2.24) is 9.78 Å². The molecule has 0 N–H and O–H groups in total. The minimum absolute atomic E-state index is 0.112. The quantitative estimate of drug-likeness (QED) is 0.429. The molecule has 0 saturated heterocycles. The zero-order chi connectivity index (χ0) is 20.8. The molecule has 0 fully saturated rings. The van der Waals surface area contributed by atoms with Crippen LogP contribution in [0.3, 0.4) is 0 Å². The normalized spacial score (nSPS) is 11.8. The Morgan fingerprint density at radius 1 is 1.10 bits per heavy atom. The summed E-state index contributed by atoms with van der Waals surface area (Å²) in [7, 11) is 0. The van der Waals surface area contributed by atoms with E-state index in [1.807, 2.05) is 18.2 Å². The number of carbonyl (C=O) groups is 2. The van der Waals surface area contributed by atoms with E-state index < -0.39 is 24.9 Å². The average molecular weight is 394 g/mol. The molecule has 0 aliphatic rings. The van der Waals surface area contributed by atoms with Gasteiger partial charge in [0.25, 0.3) is 0 Å². The zero-order valence-electron chi connectivity index (χ0n) is 16.3. The van der Waals surface area contributed by atoms with E-state index in [1.54, 1.807) is 36.4 Å². The van der Waals surface area contributed by atoms with Gasteiger partial charge in [-0.15, -0.1) is 5.10 Å². The number of rotatable bonds is 8. The number of benzene rings is 2. The van der Waals surface area contributed by atoms with Gasteiger partial charge in [-0.2, -0.15) is 4.68 Å². The molecule has 1 aromatic heterocycles. The van der Waals surface area contributed by atoms with Gasteiger partial charge in [0.15, 0.2) is 12.4 Å². The maximum atomic E-state index is 12.2. The molecule has 7 heteroatoms. The smallest absolute Gasteiger partial charge is 0.437 e. The summed E-state index contributed by atoms with van der Waals surface area (Å²) >= 11 is 0. The Kier molecular flexibility index (Phi) is 6.39. The summed E-state index contributed by atoms with van der Waals surface area (Å²) in [5, 5.41) is 3.99. The molecule has 1 heterocycles. The maximum Gasteiger partial charge on any atom is 0.437 e. The van der Waals surface area contributed by atoms with Crippen molar-refractivity contribution in [1.29, 1.82) is 0 Å². The first-order valence-electron chi connectivity index (χ1n) is 9.40. The van der Waals surface area contributed by atoms with Crippen LogP contribution in [0.2, 0.25) is 0 Å². The Morgan fingerprint density at radius 3 is 2.45 bits per heavy atom. The fourth-order valence-corrected chi connectivity index (χ4v) is 2.73. The zero-order valence-corrected chi connectivity index (χ0v) is 16.3. The first-order chi connectivity index (χ1) is 14.0. The van der Waals surface area contributed by atoms with Crippen LogP contribution in [-0.2, 0) is 16.1 Å². The highest BCUT2D eigenvalue weighted by Gasteiger charge is 2.16. The summed E-state index contributed by atoms with van der Waals surface area (Å²) in [5.74, 6) is -1.30. The van der Waals surface area contributed by atoms with E-state index in [2.05, 4.69) is 18.9 Å². The Morgan fingerprint density at radius 2 is 1.79 bits per heavy atom. The molecule has 150 valence electrons. The predicted octanol–water partition coefficient (Wildman–Crippen LogP) is 3.44. The third-order valence-electron chi connectivity index (χ3n) is 4.68. The number of Topliss-reactive ketones (excluding diaryl/α,β-unsaturated/α-hetero) is 1. The number of esters is 1. The van der Waals surface area contributed by atoms with E-state index in [0.29, 0.717) is 17.0 Å². The number of hydrogen-bond acceptors (Lipinski definition) is 6. The molecule has 3 aromatic rings. The van der Waals surface area contributed by atoms with Crippen LogP contribution in [0.4, 0.5) is 0 Å². The van der Waals surface area contributed by atoms with Gasteiger partial charge in [0.1, 0.15) is 6.54 Å². The second kappa shape index (κ2) is 9.14. The van der Waals surface area contributed by atoms with Gasteiger partial charge in [-0.05, 0) is 30.0 Å². The Hall–Kier alpha value is -3.48. The van der Waals surface area contributed by atoms with Crippen LogP contribution in [0.15, 0.2) is 63.8 Å². The summed E-state index contributed by atoms with van der Waals surface area (Å²) < 4.78 is 10.9. The molecule has 7 nitrogen and oxygen atoms in total. The molecule has 0 spiro atoms. The molecular formula is C22H22N2O5. The molecule has 0 aliphatic carbocycles. The van der Waals surface area contributed by atoms with Gasteiger partial charge in [-0.1, -0.05) is 56.3 Å². The van der Waals surface area contributed by atoms with Gasteiger partial charge in [-0.25, -0.2) is 4.79 Å². The topological polar surface area (TPSA) is 91.4 Å². The summed E-state index contributed by atoms with van der Waals surface area (Å²) in [5.41, 5.74) is 2.24. The molecule has 2 aromatic carbocycles. The Bertz CT molecular complexity index is 1040. The summed E-state index contributed by atoms with van der Waals surface area (Å²) in [4.78, 5) is 36.1. The highest BCUT2D eigenvalue weighted by atomic mass is 16.5. The van der Waals surface area contributed by atoms with Crippen LogP contribution >= 0.6 is 0 Å². The van der Waals surface area contributed by atoms with E-state index in [4.69, 9.17) is 9.15 Å². The molecule has 0 unspecified atom stereocenters. The lowest BCUT2D eigenvalue weighted by atomic mass is 9.97. The van der Waals surface area contributed by atoms with Crippen molar-refractivity contribution in [2.45, 2.75) is 32.7 Å². The summed E-state index contributed by atoms with van der Waals surface area (Å²) in [6, 6.07) is 16.1. The standard InChI is InChI=1S/C22H22N2O5/c1-3-15(2)16-9-11-17(12-10-16)19(25)14-28-20(26)13-24-22(27)29-21(23-24)18-7-5-4-6-8-18/h4-12,15H,3,13-14H2,1-2H3/t15-/m0/s1. The maximum absolute atomic E-state index is 12.2. The van der Waals surface area contributed by atoms with Gasteiger partial charge >= 0.3 is 11.7 Å². The first-order valence-corrected chi connectivity index (χ1v) is 9.40. The lowest BCUT2D eigenvalue weighted by Gasteiger charge is -2.09. The Labute approximate surface area is 167 Å². The lowest BCUT2D eigenvalue weighted by Crippen LogP contribution is -2.24. The second-order valence-electron chi connectivity index (χ2n) is 6.71. The van der Waals surface area contributed by atoms with Crippen molar-refractivity contribution in [3.8, 4) is 11.5 Å². The molecule has 0 aliphatic heterocycles. The number of ether oxygens (including phenoxy) is 1. The largest absolute Gasteiger partial charge is 0.456 e. The highest BCUT2D eigenvalue weighted by molar-refractivity contribution is 5.97. The predicted molar refractivity (Wildman–Crippen MR) is 107 cm³/mol. The highest BCUT2D eigenvalue weighted by Crippen LogP contribution is 2.19. The van der Waals surface area contributed by atoms with Crippen molar-refractivity contribution < 1.29 is 18.7 Å². The molecule has 29 heavy (non-hydrogen) atoms. The van der Waals surface area contributed by atoms with Gasteiger partial charge in [0, 0.05) is 11.1 Å². The molecule has 0 saturated carbocycles. The van der Waals surface area contributed by atoms with E-state index in [1.165, 1.54) is 0 Å². The van der Waals surface area contributed by atoms with Gasteiger partial charge in [0.05, 0.1) is 0 Å². The van der Waals surface area contributed by atoms with E-state index in [9.17, 15) is 14.4 Å². The third-order valence-corrected chi connectivity index (χ3v) is 4.68. The second-order valence-corrected chi connectivity index (χ2v) is 6.71. The van der Waals surface area contributed by atoms with Gasteiger partial charge < -0.3 is 9.15 Å². The van der Waals surface area contributed by atoms with Crippen LogP contribution in [0.1, 0.15) is 42.1 Å². The van der Waals surface area contributed by atoms with Crippen molar-refractivity contribution in [3.63, 3.8) is 0 Å². The Balaban J connectivity index is 1.57. The molecule has 1 atom stereocenters. The lowest BCUT2D eigenvalue weighted by molar-refractivity contribution is -0.143. The fourth-order valence-electron chi connectivity index (χ4n) is 2.73. The van der Waals surface area contributed by atoms with Crippen LogP contribution in [-0.4, -0.2) is 28.1 Å². The minimum Gasteiger partial charge on any atom is -0.456 e. The number of nitrogens with zero attached hydrogens (tertiary/aromatic N) is 2. The third kappa shape index (κ3) is 5.07. The van der Waals surface area contributed by atoms with Gasteiger partial charge in [-0.3, -0.25) is 9.59 Å². The van der Waals surface area contributed by atoms with E-state index in [0.717, 1.165) is 16.7 Å². The minimum atomic E-state index is -0.771. The number of aromatic nitrogens is 2. The molecular weight excluding hydrogens is 372 g/mol. The average Bonchev–Trinajstić information content (AvgIpc) is 3.12. The summed E-state index contributed by atoms with van der Waals surface area (Å²) in [6.07, 6.45) is 1.01. The van der Waals surface area contributed by atoms with E-state index in [-0.39, 0.29) is 11.7 Å². The van der Waals surface area contributed by atoms with Crippen molar-refractivity contribution in [3.05, 3.63) is 76.3 Å². The SMILES string of the molecule is CC[C@H](C)c1ccc(C(=O)COC(=O)Cn2nc(-c3ccccc3)oc2=O)cc1. The molecule has 3 rings (SSSR count). The van der Waals surface area contributed by atoms with Crippen molar-refractivity contribution >= 4 is 11.8 Å². The van der Waals surface area contributed by atoms with Crippen molar-refractivity contribution in [2.75, 3.05) is 6.61 Å². The first kappa shape index (κ1) is 20.3. The van der Waals surface area contributed by atoms with Crippen LogP contribution < -0.4 is 5.76 Å². The van der Waals surface area contributed by atoms with Crippen LogP contribution in [0.25, 0.3) is 11.5 Å². The van der Waals surface area contributed by atoms with Crippen molar-refractivity contribution in [2.24, 2.45) is 0 Å². The van der Waals surface area contributed by atoms with Gasteiger partial charge in [0.2, 0.25) is 5.89 Å². The molecule has 0 bridgehead atoms. The summed E-state index contributed by atoms with van der Waals surface area (Å²) in [6.45, 7) is 3.38.